The first-order valence-corrected chi connectivity index (χ1v) is 7.95. The molecule has 3 rings (SSSR count). The fourth-order valence-electron chi connectivity index (χ4n) is 2.92. The summed E-state index contributed by atoms with van der Waals surface area (Å²) in [4.78, 5) is 6.09. The average molecular weight is 337 g/mol. The highest BCUT2D eigenvalue weighted by atomic mass is 19.1. The standard InChI is InChI=1S/C17H21F2N3O2/c1-17(23,11-22-4-6-24-7-5-22)10-21-15-2-3-20-16-13(15)8-12(18)9-14(16)19/h2-3,8-9,23H,4-7,10-11H2,1H3,(H,20,21)/t17-/m0/s1. The van der Waals surface area contributed by atoms with E-state index >= 15 is 0 Å². The van der Waals surface area contributed by atoms with E-state index in [9.17, 15) is 13.9 Å². The molecule has 1 fully saturated rings. The van der Waals surface area contributed by atoms with Crippen LogP contribution in [0.5, 0.6) is 0 Å². The highest BCUT2D eigenvalue weighted by molar-refractivity contribution is 5.91. The predicted molar refractivity (Wildman–Crippen MR) is 88.0 cm³/mol. The van der Waals surface area contributed by atoms with Crippen molar-refractivity contribution in [3.8, 4) is 0 Å². The largest absolute Gasteiger partial charge is 0.387 e. The minimum absolute atomic E-state index is 0.106. The van der Waals surface area contributed by atoms with Crippen LogP contribution in [-0.2, 0) is 4.74 Å². The number of β-amino-alcohol motifs (C(OH)–C–C–N with tert-alkyl or cyclic N) is 1. The summed E-state index contributed by atoms with van der Waals surface area (Å²) in [5.74, 6) is -1.36. The number of halogens is 2. The third-order valence-electron chi connectivity index (χ3n) is 4.09. The van der Waals surface area contributed by atoms with Gasteiger partial charge in [-0.1, -0.05) is 0 Å². The maximum atomic E-state index is 13.8. The third-order valence-corrected chi connectivity index (χ3v) is 4.09. The molecule has 1 aromatic heterocycles. The second-order valence-electron chi connectivity index (χ2n) is 6.38. The molecule has 0 amide bonds. The van der Waals surface area contributed by atoms with Crippen molar-refractivity contribution in [2.45, 2.75) is 12.5 Å². The van der Waals surface area contributed by atoms with Crippen molar-refractivity contribution in [2.24, 2.45) is 0 Å². The van der Waals surface area contributed by atoms with Gasteiger partial charge >= 0.3 is 0 Å². The van der Waals surface area contributed by atoms with Gasteiger partial charge in [0.1, 0.15) is 11.3 Å². The zero-order valence-electron chi connectivity index (χ0n) is 13.6. The molecule has 24 heavy (non-hydrogen) atoms. The number of pyridine rings is 1. The summed E-state index contributed by atoms with van der Waals surface area (Å²) >= 11 is 0. The van der Waals surface area contributed by atoms with Crippen LogP contribution in [0.1, 0.15) is 6.92 Å². The van der Waals surface area contributed by atoms with E-state index in [-0.39, 0.29) is 12.1 Å². The molecule has 130 valence electrons. The van der Waals surface area contributed by atoms with E-state index in [2.05, 4.69) is 15.2 Å². The number of hydrogen-bond donors (Lipinski definition) is 2. The Morgan fingerprint density at radius 2 is 2.08 bits per heavy atom. The van der Waals surface area contributed by atoms with E-state index in [0.717, 1.165) is 19.2 Å². The molecule has 1 saturated heterocycles. The first-order chi connectivity index (χ1) is 11.4. The smallest absolute Gasteiger partial charge is 0.152 e. The van der Waals surface area contributed by atoms with Crippen LogP contribution in [0.3, 0.4) is 0 Å². The number of fused-ring (bicyclic) bond motifs is 1. The minimum Gasteiger partial charge on any atom is -0.387 e. The number of hydrogen-bond acceptors (Lipinski definition) is 5. The Bertz CT molecular complexity index is 718. The van der Waals surface area contributed by atoms with Crippen molar-refractivity contribution < 1.29 is 18.6 Å². The summed E-state index contributed by atoms with van der Waals surface area (Å²) in [5.41, 5.74) is -0.339. The predicted octanol–water partition coefficient (Wildman–Crippen LogP) is 2.01. The molecule has 0 bridgehead atoms. The quantitative estimate of drug-likeness (QED) is 0.874. The number of nitrogens with one attached hydrogen (secondary N) is 1. The summed E-state index contributed by atoms with van der Waals surface area (Å²) in [7, 11) is 0. The monoisotopic (exact) mass is 337 g/mol. The van der Waals surface area contributed by atoms with Crippen LogP contribution in [0.15, 0.2) is 24.4 Å². The van der Waals surface area contributed by atoms with E-state index in [1.54, 1.807) is 13.0 Å². The second kappa shape index (κ2) is 6.96. The number of ether oxygens (including phenoxy) is 1. The van der Waals surface area contributed by atoms with Crippen molar-refractivity contribution in [1.82, 2.24) is 9.88 Å². The van der Waals surface area contributed by atoms with Gasteiger partial charge in [-0.3, -0.25) is 9.88 Å². The molecule has 0 unspecified atom stereocenters. The van der Waals surface area contributed by atoms with Crippen molar-refractivity contribution >= 4 is 16.6 Å². The van der Waals surface area contributed by atoms with E-state index in [1.165, 1.54) is 12.3 Å². The Kier molecular flexibility index (Phi) is 4.93. The summed E-state index contributed by atoms with van der Waals surface area (Å²) in [6.45, 7) is 5.38. The van der Waals surface area contributed by atoms with Gasteiger partial charge in [0.15, 0.2) is 5.82 Å². The number of anilines is 1. The highest BCUT2D eigenvalue weighted by Gasteiger charge is 2.25. The van der Waals surface area contributed by atoms with Crippen LogP contribution in [-0.4, -0.2) is 60.0 Å². The van der Waals surface area contributed by atoms with Crippen molar-refractivity contribution in [1.29, 1.82) is 0 Å². The molecule has 1 atom stereocenters. The molecule has 1 aromatic carbocycles. The van der Waals surface area contributed by atoms with E-state index in [0.29, 0.717) is 30.8 Å². The highest BCUT2D eigenvalue weighted by Crippen LogP contribution is 2.25. The molecule has 1 aliphatic rings. The molecule has 0 saturated carbocycles. The van der Waals surface area contributed by atoms with Crippen molar-refractivity contribution in [3.63, 3.8) is 0 Å². The SMILES string of the molecule is C[C@](O)(CNc1ccnc2c(F)cc(F)cc12)CN1CCOCC1. The maximum Gasteiger partial charge on any atom is 0.152 e. The molecule has 0 aliphatic carbocycles. The molecule has 7 heteroatoms. The first-order valence-electron chi connectivity index (χ1n) is 7.95. The molecule has 1 aliphatic heterocycles. The summed E-state index contributed by atoms with van der Waals surface area (Å²) in [5, 5.41) is 14.0. The molecule has 2 N–H and O–H groups in total. The average Bonchev–Trinajstić information content (AvgIpc) is 2.53. The molecule has 2 aromatic rings. The van der Waals surface area contributed by atoms with Gasteiger partial charge in [-0.25, -0.2) is 8.78 Å². The summed E-state index contributed by atoms with van der Waals surface area (Å²) in [6, 6.07) is 3.70. The van der Waals surface area contributed by atoms with E-state index in [4.69, 9.17) is 4.74 Å². The Morgan fingerprint density at radius 1 is 1.33 bits per heavy atom. The fourth-order valence-corrected chi connectivity index (χ4v) is 2.92. The van der Waals surface area contributed by atoms with Crippen LogP contribution in [0.4, 0.5) is 14.5 Å². The van der Waals surface area contributed by atoms with Crippen LogP contribution < -0.4 is 5.32 Å². The molecular formula is C17H21F2N3O2. The number of benzene rings is 1. The van der Waals surface area contributed by atoms with Gasteiger partial charge in [0.05, 0.1) is 18.8 Å². The van der Waals surface area contributed by atoms with Crippen molar-refractivity contribution in [2.75, 3.05) is 44.7 Å². The van der Waals surface area contributed by atoms with Gasteiger partial charge in [-0.15, -0.1) is 0 Å². The minimum atomic E-state index is -0.987. The topological polar surface area (TPSA) is 57.6 Å². The van der Waals surface area contributed by atoms with Gasteiger partial charge < -0.3 is 15.2 Å². The van der Waals surface area contributed by atoms with Gasteiger partial charge in [-0.2, -0.15) is 0 Å². The Morgan fingerprint density at radius 3 is 2.83 bits per heavy atom. The lowest BCUT2D eigenvalue weighted by atomic mass is 10.1. The number of aliphatic hydroxyl groups is 1. The number of aromatic nitrogens is 1. The molecule has 5 nitrogen and oxygen atoms in total. The lowest BCUT2D eigenvalue weighted by Crippen LogP contribution is -2.49. The lowest BCUT2D eigenvalue weighted by Gasteiger charge is -2.34. The Hall–Kier alpha value is -1.83. The molecule has 0 spiro atoms. The summed E-state index contributed by atoms with van der Waals surface area (Å²) < 4.78 is 32.6. The molecule has 0 radical (unpaired) electrons. The first kappa shape index (κ1) is 17.0. The van der Waals surface area contributed by atoms with Crippen LogP contribution in [0.2, 0.25) is 0 Å². The number of rotatable bonds is 5. The Labute approximate surface area is 139 Å². The zero-order chi connectivity index (χ0) is 17.2. The lowest BCUT2D eigenvalue weighted by molar-refractivity contribution is -0.0163. The van der Waals surface area contributed by atoms with Crippen molar-refractivity contribution in [3.05, 3.63) is 36.0 Å². The number of nitrogens with zero attached hydrogens (tertiary/aromatic N) is 2. The van der Waals surface area contributed by atoms with E-state index in [1.807, 2.05) is 0 Å². The zero-order valence-corrected chi connectivity index (χ0v) is 13.6. The summed E-state index contributed by atoms with van der Waals surface area (Å²) in [6.07, 6.45) is 1.46. The van der Waals surface area contributed by atoms with Crippen LogP contribution >= 0.6 is 0 Å². The second-order valence-corrected chi connectivity index (χ2v) is 6.38. The van der Waals surface area contributed by atoms with Crippen LogP contribution in [0.25, 0.3) is 10.9 Å². The molecule has 2 heterocycles. The number of morpholine rings is 1. The Balaban J connectivity index is 1.72. The third kappa shape index (κ3) is 3.98. The fraction of sp³-hybridized carbons (Fsp3) is 0.471. The van der Waals surface area contributed by atoms with Gasteiger partial charge in [0.25, 0.3) is 0 Å². The van der Waals surface area contributed by atoms with E-state index < -0.39 is 17.2 Å². The van der Waals surface area contributed by atoms with Gasteiger partial charge in [-0.05, 0) is 19.1 Å². The molecular weight excluding hydrogens is 316 g/mol. The van der Waals surface area contributed by atoms with Crippen LogP contribution in [0, 0.1) is 11.6 Å². The van der Waals surface area contributed by atoms with Gasteiger partial charge in [0.2, 0.25) is 0 Å². The maximum absolute atomic E-state index is 13.8. The van der Waals surface area contributed by atoms with Gasteiger partial charge in [0, 0.05) is 49.5 Å². The normalized spacial score (nSPS) is 18.5.